The number of carbonyl (C=O) groups is 1. The van der Waals surface area contributed by atoms with Crippen LogP contribution in [-0.2, 0) is 0 Å². The summed E-state index contributed by atoms with van der Waals surface area (Å²) < 4.78 is 0. The van der Waals surface area contributed by atoms with Crippen molar-refractivity contribution >= 4 is 18.5 Å². The van der Waals surface area contributed by atoms with Crippen molar-refractivity contribution in [2.75, 3.05) is 7.05 Å². The van der Waals surface area contributed by atoms with Crippen LogP contribution in [0.4, 0.5) is 0 Å². The minimum absolute atomic E-state index is 0.0357. The number of fused-ring (bicyclic) bond motifs is 2. The molecule has 1 aromatic rings. The molecular weight excluding hydrogens is 268 g/mol. The predicted molar refractivity (Wildman–Crippen MR) is 83.4 cm³/mol. The molecule has 0 spiro atoms. The molecule has 0 aromatic heterocycles. The highest BCUT2D eigenvalue weighted by molar-refractivity contribution is 7.80. The lowest BCUT2D eigenvalue weighted by Crippen LogP contribution is -2.55. The van der Waals surface area contributed by atoms with Crippen molar-refractivity contribution in [3.8, 4) is 0 Å². The summed E-state index contributed by atoms with van der Waals surface area (Å²) in [5, 5.41) is 3.21. The maximum atomic E-state index is 12.3. The lowest BCUT2D eigenvalue weighted by atomic mass is 9.82. The predicted octanol–water partition coefficient (Wildman–Crippen LogP) is 2.72. The molecule has 0 radical (unpaired) electrons. The molecule has 3 rings (SSSR count). The number of amides is 1. The molecule has 2 atom stereocenters. The second kappa shape index (κ2) is 5.78. The topological polar surface area (TPSA) is 32.3 Å². The molecule has 4 heteroatoms. The van der Waals surface area contributed by atoms with E-state index in [-0.39, 0.29) is 5.91 Å². The van der Waals surface area contributed by atoms with Gasteiger partial charge in [-0.3, -0.25) is 4.79 Å². The van der Waals surface area contributed by atoms with Crippen LogP contribution in [0.15, 0.2) is 29.2 Å². The minimum Gasteiger partial charge on any atom is -0.349 e. The summed E-state index contributed by atoms with van der Waals surface area (Å²) in [4.78, 5) is 15.7. The van der Waals surface area contributed by atoms with E-state index < -0.39 is 0 Å². The number of carbonyl (C=O) groups excluding carboxylic acids is 1. The van der Waals surface area contributed by atoms with E-state index in [0.29, 0.717) is 23.7 Å². The summed E-state index contributed by atoms with van der Waals surface area (Å²) >= 11 is 4.29. The third-order valence-corrected chi connectivity index (χ3v) is 5.06. The zero-order valence-electron chi connectivity index (χ0n) is 11.9. The first-order valence-corrected chi connectivity index (χ1v) is 7.90. The highest BCUT2D eigenvalue weighted by atomic mass is 32.1. The Morgan fingerprint density at radius 3 is 2.65 bits per heavy atom. The third-order valence-electron chi connectivity index (χ3n) is 4.78. The molecule has 2 unspecified atom stereocenters. The number of hydrogen-bond donors (Lipinski definition) is 2. The second-order valence-corrected chi connectivity index (χ2v) is 6.61. The number of rotatable bonds is 2. The Bertz CT molecular complexity index is 491. The zero-order valence-corrected chi connectivity index (χ0v) is 12.8. The van der Waals surface area contributed by atoms with Gasteiger partial charge in [0.25, 0.3) is 5.91 Å². The van der Waals surface area contributed by atoms with Crippen molar-refractivity contribution in [1.29, 1.82) is 0 Å². The summed E-state index contributed by atoms with van der Waals surface area (Å²) in [5.41, 5.74) is 0.710. The molecule has 1 amide bonds. The summed E-state index contributed by atoms with van der Waals surface area (Å²) in [6, 6.07) is 9.05. The maximum Gasteiger partial charge on any atom is 0.251 e. The van der Waals surface area contributed by atoms with Gasteiger partial charge in [0.05, 0.1) is 0 Å². The van der Waals surface area contributed by atoms with Gasteiger partial charge in [0.15, 0.2) is 0 Å². The van der Waals surface area contributed by atoms with E-state index in [1.807, 2.05) is 24.3 Å². The molecular formula is C16H22N2OS. The van der Waals surface area contributed by atoms with Crippen molar-refractivity contribution in [3.05, 3.63) is 29.8 Å². The monoisotopic (exact) mass is 290 g/mol. The standard InChI is InChI=1S/C16H22N2OS/c1-18-13-5-3-6-14(18)10-12(9-13)17-16(19)11-4-2-7-15(20)8-11/h2,4,7-8,12-14,20H,3,5-6,9-10H2,1H3,(H,17,19). The van der Waals surface area contributed by atoms with Crippen LogP contribution in [0.3, 0.4) is 0 Å². The van der Waals surface area contributed by atoms with E-state index in [1.165, 1.54) is 19.3 Å². The molecule has 1 aromatic carbocycles. The number of benzene rings is 1. The largest absolute Gasteiger partial charge is 0.349 e. The quantitative estimate of drug-likeness (QED) is 0.821. The fourth-order valence-corrected chi connectivity index (χ4v) is 3.87. The van der Waals surface area contributed by atoms with Gasteiger partial charge in [0, 0.05) is 28.6 Å². The molecule has 108 valence electrons. The summed E-state index contributed by atoms with van der Waals surface area (Å²) in [7, 11) is 2.23. The van der Waals surface area contributed by atoms with Crippen LogP contribution in [0.25, 0.3) is 0 Å². The Hall–Kier alpha value is -1.00. The first-order valence-electron chi connectivity index (χ1n) is 7.45. The summed E-state index contributed by atoms with van der Waals surface area (Å²) in [6.45, 7) is 0. The Kier molecular flexibility index (Phi) is 4.03. The fraction of sp³-hybridized carbons (Fsp3) is 0.562. The van der Waals surface area contributed by atoms with Crippen molar-refractivity contribution in [2.24, 2.45) is 0 Å². The first-order chi connectivity index (χ1) is 9.63. The molecule has 2 bridgehead atoms. The van der Waals surface area contributed by atoms with Gasteiger partial charge < -0.3 is 10.2 Å². The van der Waals surface area contributed by atoms with E-state index in [4.69, 9.17) is 0 Å². The molecule has 3 nitrogen and oxygen atoms in total. The molecule has 2 heterocycles. The number of hydrogen-bond acceptors (Lipinski definition) is 3. The van der Waals surface area contributed by atoms with Crippen molar-refractivity contribution in [3.63, 3.8) is 0 Å². The number of thiol groups is 1. The van der Waals surface area contributed by atoms with Gasteiger partial charge in [0.1, 0.15) is 0 Å². The summed E-state index contributed by atoms with van der Waals surface area (Å²) in [6.07, 6.45) is 6.04. The van der Waals surface area contributed by atoms with Crippen molar-refractivity contribution in [2.45, 2.75) is 55.1 Å². The van der Waals surface area contributed by atoms with Gasteiger partial charge in [-0.2, -0.15) is 0 Å². The molecule has 0 aliphatic carbocycles. The third kappa shape index (κ3) is 2.86. The molecule has 20 heavy (non-hydrogen) atoms. The van der Waals surface area contributed by atoms with Crippen LogP contribution in [0.2, 0.25) is 0 Å². The van der Waals surface area contributed by atoms with Crippen molar-refractivity contribution in [1.82, 2.24) is 10.2 Å². The fourth-order valence-electron chi connectivity index (χ4n) is 3.65. The average Bonchev–Trinajstić information content (AvgIpc) is 2.40. The highest BCUT2D eigenvalue weighted by Gasteiger charge is 2.36. The average molecular weight is 290 g/mol. The van der Waals surface area contributed by atoms with Gasteiger partial charge >= 0.3 is 0 Å². The Morgan fingerprint density at radius 1 is 1.30 bits per heavy atom. The lowest BCUT2D eigenvalue weighted by molar-refractivity contribution is 0.0463. The van der Waals surface area contributed by atoms with Gasteiger partial charge in [-0.05, 0) is 50.9 Å². The van der Waals surface area contributed by atoms with Crippen LogP contribution in [0.1, 0.15) is 42.5 Å². The number of piperidine rings is 2. The normalized spacial score (nSPS) is 30.0. The molecule has 1 N–H and O–H groups in total. The molecule has 2 fully saturated rings. The minimum atomic E-state index is 0.0357. The van der Waals surface area contributed by atoms with Gasteiger partial charge in [-0.1, -0.05) is 12.5 Å². The van der Waals surface area contributed by atoms with Crippen LogP contribution in [0, 0.1) is 0 Å². The molecule has 2 aliphatic heterocycles. The maximum absolute atomic E-state index is 12.3. The summed E-state index contributed by atoms with van der Waals surface area (Å²) in [5.74, 6) is 0.0357. The number of nitrogens with one attached hydrogen (secondary N) is 1. The van der Waals surface area contributed by atoms with Crippen LogP contribution >= 0.6 is 12.6 Å². The van der Waals surface area contributed by atoms with Gasteiger partial charge in [0.2, 0.25) is 0 Å². The van der Waals surface area contributed by atoms with E-state index in [2.05, 4.69) is 29.9 Å². The second-order valence-electron chi connectivity index (χ2n) is 6.10. The zero-order chi connectivity index (χ0) is 14.1. The lowest BCUT2D eigenvalue weighted by Gasteiger charge is -2.47. The smallest absolute Gasteiger partial charge is 0.251 e. The first kappa shape index (κ1) is 14.0. The van der Waals surface area contributed by atoms with Crippen LogP contribution in [-0.4, -0.2) is 36.0 Å². The molecule has 0 saturated carbocycles. The SMILES string of the molecule is CN1C2CCCC1CC(NC(=O)c1cccc(S)c1)C2. The highest BCUT2D eigenvalue weighted by Crippen LogP contribution is 2.32. The van der Waals surface area contributed by atoms with E-state index in [9.17, 15) is 4.79 Å². The van der Waals surface area contributed by atoms with Crippen LogP contribution < -0.4 is 5.32 Å². The Labute approximate surface area is 126 Å². The Morgan fingerprint density at radius 2 is 2.00 bits per heavy atom. The van der Waals surface area contributed by atoms with Gasteiger partial charge in [-0.25, -0.2) is 0 Å². The molecule has 2 aliphatic rings. The van der Waals surface area contributed by atoms with E-state index in [1.54, 1.807) is 0 Å². The van der Waals surface area contributed by atoms with E-state index in [0.717, 1.165) is 17.7 Å². The van der Waals surface area contributed by atoms with Crippen LogP contribution in [0.5, 0.6) is 0 Å². The van der Waals surface area contributed by atoms with E-state index >= 15 is 0 Å². The Balaban J connectivity index is 1.65. The van der Waals surface area contributed by atoms with Crippen molar-refractivity contribution < 1.29 is 4.79 Å². The van der Waals surface area contributed by atoms with Gasteiger partial charge in [-0.15, -0.1) is 12.6 Å². The molecule has 2 saturated heterocycles. The number of nitrogens with zero attached hydrogens (tertiary/aromatic N) is 1.